The molecule has 0 bridgehead atoms. The lowest BCUT2D eigenvalue weighted by molar-refractivity contribution is 0.382. The molecule has 16 heavy (non-hydrogen) atoms. The molecule has 2 unspecified atom stereocenters. The highest BCUT2D eigenvalue weighted by atomic mass is 19.1. The largest absolute Gasteiger partial charge is 0.378 e. The smallest absolute Gasteiger partial charge is 0.148 e. The standard InChI is InChI=1S/C13H17FN2/c1-16-12-8-3-2-6-10(12)15-11-7-4-5-9(14)13(11)16/h4-5,7,10,12,15H,2-3,6,8H2,1H3. The summed E-state index contributed by atoms with van der Waals surface area (Å²) in [5.41, 5.74) is 1.69. The molecular formula is C13H17FN2. The molecule has 3 rings (SSSR count). The molecule has 0 aromatic heterocycles. The van der Waals surface area contributed by atoms with Crippen molar-refractivity contribution in [2.24, 2.45) is 0 Å². The van der Waals surface area contributed by atoms with Gasteiger partial charge in [-0.3, -0.25) is 0 Å². The van der Waals surface area contributed by atoms with Crippen molar-refractivity contribution in [3.63, 3.8) is 0 Å². The second-order valence-electron chi connectivity index (χ2n) is 4.85. The van der Waals surface area contributed by atoms with Gasteiger partial charge in [-0.1, -0.05) is 18.9 Å². The fourth-order valence-corrected chi connectivity index (χ4v) is 3.10. The molecule has 0 spiro atoms. The zero-order chi connectivity index (χ0) is 11.1. The summed E-state index contributed by atoms with van der Waals surface area (Å²) in [4.78, 5) is 2.13. The monoisotopic (exact) mass is 220 g/mol. The maximum atomic E-state index is 13.8. The summed E-state index contributed by atoms with van der Waals surface area (Å²) < 4.78 is 13.8. The van der Waals surface area contributed by atoms with E-state index in [1.54, 1.807) is 12.1 Å². The third-order valence-electron chi connectivity index (χ3n) is 3.91. The van der Waals surface area contributed by atoms with Gasteiger partial charge in [-0.25, -0.2) is 4.39 Å². The molecule has 86 valence electrons. The Kier molecular flexibility index (Phi) is 2.27. The maximum Gasteiger partial charge on any atom is 0.148 e. The molecule has 1 N–H and O–H groups in total. The first-order valence-corrected chi connectivity index (χ1v) is 6.05. The number of benzene rings is 1. The summed E-state index contributed by atoms with van der Waals surface area (Å²) in [6.07, 6.45) is 4.91. The lowest BCUT2D eigenvalue weighted by Crippen LogP contribution is -2.51. The average molecular weight is 220 g/mol. The van der Waals surface area contributed by atoms with Crippen LogP contribution in [0.2, 0.25) is 0 Å². The second-order valence-corrected chi connectivity index (χ2v) is 4.85. The van der Waals surface area contributed by atoms with Crippen molar-refractivity contribution in [2.75, 3.05) is 17.3 Å². The first-order chi connectivity index (χ1) is 7.77. The summed E-state index contributed by atoms with van der Waals surface area (Å²) in [6, 6.07) is 6.24. The van der Waals surface area contributed by atoms with Gasteiger partial charge in [0.1, 0.15) is 5.82 Å². The van der Waals surface area contributed by atoms with E-state index in [1.165, 1.54) is 25.7 Å². The molecule has 3 heteroatoms. The van der Waals surface area contributed by atoms with E-state index >= 15 is 0 Å². The number of likely N-dealkylation sites (N-methyl/N-ethyl adjacent to an activating group) is 1. The normalized spacial score (nSPS) is 28.0. The Hall–Kier alpha value is -1.25. The zero-order valence-corrected chi connectivity index (χ0v) is 9.54. The van der Waals surface area contributed by atoms with Crippen molar-refractivity contribution in [2.45, 2.75) is 37.8 Å². The Bertz CT molecular complexity index is 405. The van der Waals surface area contributed by atoms with Crippen LogP contribution in [0.4, 0.5) is 15.8 Å². The van der Waals surface area contributed by atoms with Gasteiger partial charge in [0.05, 0.1) is 11.4 Å². The van der Waals surface area contributed by atoms with Crippen molar-refractivity contribution < 1.29 is 4.39 Å². The molecule has 2 nitrogen and oxygen atoms in total. The van der Waals surface area contributed by atoms with E-state index in [-0.39, 0.29) is 5.82 Å². The van der Waals surface area contributed by atoms with Gasteiger partial charge in [0, 0.05) is 19.1 Å². The summed E-state index contributed by atoms with van der Waals surface area (Å²) in [5.74, 6) is -0.114. The molecule has 0 amide bonds. The van der Waals surface area contributed by atoms with Gasteiger partial charge < -0.3 is 10.2 Å². The number of para-hydroxylation sites is 1. The van der Waals surface area contributed by atoms with Gasteiger partial charge in [-0.05, 0) is 25.0 Å². The number of fused-ring (bicyclic) bond motifs is 2. The number of nitrogens with one attached hydrogen (secondary N) is 1. The highest BCUT2D eigenvalue weighted by Gasteiger charge is 2.34. The minimum Gasteiger partial charge on any atom is -0.378 e. The van der Waals surface area contributed by atoms with Gasteiger partial charge in [0.25, 0.3) is 0 Å². The van der Waals surface area contributed by atoms with Crippen molar-refractivity contribution in [1.29, 1.82) is 0 Å². The Morgan fingerprint density at radius 2 is 2.12 bits per heavy atom. The van der Waals surface area contributed by atoms with Crippen LogP contribution in [0.15, 0.2) is 18.2 Å². The lowest BCUT2D eigenvalue weighted by atomic mass is 9.87. The molecule has 1 aromatic rings. The average Bonchev–Trinajstić information content (AvgIpc) is 2.29. The fourth-order valence-electron chi connectivity index (χ4n) is 3.10. The van der Waals surface area contributed by atoms with E-state index in [0.29, 0.717) is 12.1 Å². The van der Waals surface area contributed by atoms with Crippen molar-refractivity contribution in [1.82, 2.24) is 0 Å². The van der Waals surface area contributed by atoms with E-state index in [9.17, 15) is 4.39 Å². The van der Waals surface area contributed by atoms with Crippen LogP contribution in [0.5, 0.6) is 0 Å². The van der Waals surface area contributed by atoms with Crippen LogP contribution in [0.3, 0.4) is 0 Å². The zero-order valence-electron chi connectivity index (χ0n) is 9.54. The summed E-state index contributed by atoms with van der Waals surface area (Å²) >= 11 is 0. The van der Waals surface area contributed by atoms with Crippen LogP contribution < -0.4 is 10.2 Å². The molecule has 1 fully saturated rings. The highest BCUT2D eigenvalue weighted by molar-refractivity contribution is 5.73. The second kappa shape index (κ2) is 3.65. The van der Waals surface area contributed by atoms with E-state index < -0.39 is 0 Å². The van der Waals surface area contributed by atoms with Gasteiger partial charge in [-0.15, -0.1) is 0 Å². The van der Waals surface area contributed by atoms with Gasteiger partial charge in [-0.2, -0.15) is 0 Å². The minimum absolute atomic E-state index is 0.114. The summed E-state index contributed by atoms with van der Waals surface area (Å²) in [7, 11) is 2.02. The van der Waals surface area contributed by atoms with Crippen molar-refractivity contribution >= 4 is 11.4 Å². The Balaban J connectivity index is 2.03. The van der Waals surface area contributed by atoms with E-state index in [4.69, 9.17) is 0 Å². The van der Waals surface area contributed by atoms with Crippen molar-refractivity contribution in [3.05, 3.63) is 24.0 Å². The van der Waals surface area contributed by atoms with Crippen LogP contribution in [-0.4, -0.2) is 19.1 Å². The molecule has 2 aliphatic rings. The summed E-state index contributed by atoms with van der Waals surface area (Å²) in [5, 5.41) is 3.49. The quantitative estimate of drug-likeness (QED) is 0.723. The molecule has 1 aromatic carbocycles. The predicted molar refractivity (Wildman–Crippen MR) is 64.5 cm³/mol. The van der Waals surface area contributed by atoms with Gasteiger partial charge in [0.2, 0.25) is 0 Å². The third-order valence-corrected chi connectivity index (χ3v) is 3.91. The maximum absolute atomic E-state index is 13.8. The number of halogens is 1. The first-order valence-electron chi connectivity index (χ1n) is 6.05. The fraction of sp³-hybridized carbons (Fsp3) is 0.538. The van der Waals surface area contributed by atoms with E-state index in [1.807, 2.05) is 13.1 Å². The SMILES string of the molecule is CN1c2c(F)cccc2NC2CCCCC21. The van der Waals surface area contributed by atoms with Crippen LogP contribution >= 0.6 is 0 Å². The summed E-state index contributed by atoms with van der Waals surface area (Å²) in [6.45, 7) is 0. The molecule has 1 saturated carbocycles. The van der Waals surface area contributed by atoms with E-state index in [0.717, 1.165) is 11.4 Å². The first kappa shape index (κ1) is 9.94. The molecule has 0 radical (unpaired) electrons. The predicted octanol–water partition coefficient (Wildman–Crippen LogP) is 3.00. The molecule has 0 saturated heterocycles. The molecule has 1 heterocycles. The highest BCUT2D eigenvalue weighted by Crippen LogP contribution is 2.39. The Labute approximate surface area is 95.4 Å². The number of rotatable bonds is 0. The number of anilines is 2. The van der Waals surface area contributed by atoms with Gasteiger partial charge in [0.15, 0.2) is 0 Å². The Morgan fingerprint density at radius 1 is 1.31 bits per heavy atom. The minimum atomic E-state index is -0.114. The van der Waals surface area contributed by atoms with Crippen molar-refractivity contribution in [3.8, 4) is 0 Å². The number of hydrogen-bond donors (Lipinski definition) is 1. The third kappa shape index (κ3) is 1.38. The number of nitrogens with zero attached hydrogens (tertiary/aromatic N) is 1. The van der Waals surface area contributed by atoms with E-state index in [2.05, 4.69) is 10.2 Å². The topological polar surface area (TPSA) is 15.3 Å². The lowest BCUT2D eigenvalue weighted by Gasteiger charge is -2.45. The van der Waals surface area contributed by atoms with Gasteiger partial charge >= 0.3 is 0 Å². The molecule has 1 aliphatic carbocycles. The molecule has 1 aliphatic heterocycles. The molecular weight excluding hydrogens is 203 g/mol. The van der Waals surface area contributed by atoms with Crippen LogP contribution in [0.25, 0.3) is 0 Å². The van der Waals surface area contributed by atoms with Crippen LogP contribution in [-0.2, 0) is 0 Å². The Morgan fingerprint density at radius 3 is 3.00 bits per heavy atom. The van der Waals surface area contributed by atoms with Crippen LogP contribution in [0, 0.1) is 5.82 Å². The van der Waals surface area contributed by atoms with Crippen LogP contribution in [0.1, 0.15) is 25.7 Å². The molecule has 2 atom stereocenters. The number of hydrogen-bond acceptors (Lipinski definition) is 2.